The van der Waals surface area contributed by atoms with E-state index in [2.05, 4.69) is 108 Å². The summed E-state index contributed by atoms with van der Waals surface area (Å²) in [6.07, 6.45) is 3.31. The Balaban J connectivity index is 1.85. The van der Waals surface area contributed by atoms with Gasteiger partial charge < -0.3 is 0 Å². The fourth-order valence-electron chi connectivity index (χ4n) is 5.02. The molecule has 5 rings (SSSR count). The number of pyridine rings is 1. The first-order chi connectivity index (χ1) is 15.1. The molecule has 3 aromatic carbocycles. The maximum atomic E-state index is 2.43. The normalized spacial score (nSPS) is 12.3. The maximum Gasteiger partial charge on any atom is 0.230 e. The van der Waals surface area contributed by atoms with Gasteiger partial charge >= 0.3 is 0 Å². The molecule has 0 atom stereocenters. The van der Waals surface area contributed by atoms with Crippen LogP contribution in [0.1, 0.15) is 43.0 Å². The molecule has 5 aromatic rings. The number of aryl methyl sites for hydroxylation is 3. The molecule has 1 nitrogen and oxygen atoms in total. The second-order valence-electron chi connectivity index (χ2n) is 10.6. The Bertz CT molecular complexity index is 1510. The van der Waals surface area contributed by atoms with Crippen molar-refractivity contribution in [2.24, 2.45) is 12.5 Å². The number of benzene rings is 3. The molecule has 0 saturated heterocycles. The van der Waals surface area contributed by atoms with E-state index >= 15 is 0 Å². The Kier molecular flexibility index (Phi) is 4.90. The summed E-state index contributed by atoms with van der Waals surface area (Å²) in [7, 11) is 2.18. The van der Waals surface area contributed by atoms with Gasteiger partial charge in [0, 0.05) is 21.5 Å². The van der Waals surface area contributed by atoms with E-state index in [-0.39, 0.29) is 5.41 Å². The van der Waals surface area contributed by atoms with Crippen molar-refractivity contribution in [3.8, 4) is 11.3 Å². The number of nitrogens with zero attached hydrogens (tertiary/aromatic N) is 1. The second kappa shape index (κ2) is 7.42. The van der Waals surface area contributed by atoms with Crippen molar-refractivity contribution in [2.75, 3.05) is 0 Å². The number of hydrogen-bond acceptors (Lipinski definition) is 1. The van der Waals surface area contributed by atoms with E-state index in [0.717, 1.165) is 6.42 Å². The highest BCUT2D eigenvalue weighted by Crippen LogP contribution is 2.42. The van der Waals surface area contributed by atoms with Crippen LogP contribution in [-0.2, 0) is 13.5 Å². The minimum absolute atomic E-state index is 0.281. The molecule has 162 valence electrons. The van der Waals surface area contributed by atoms with E-state index in [0.29, 0.717) is 0 Å². The van der Waals surface area contributed by atoms with Crippen LogP contribution >= 0.6 is 11.3 Å². The van der Waals surface area contributed by atoms with Crippen molar-refractivity contribution < 1.29 is 4.57 Å². The lowest BCUT2D eigenvalue weighted by molar-refractivity contribution is -0.659. The predicted molar refractivity (Wildman–Crippen MR) is 141 cm³/mol. The van der Waals surface area contributed by atoms with E-state index < -0.39 is 0 Å². The zero-order valence-electron chi connectivity index (χ0n) is 20.3. The van der Waals surface area contributed by atoms with E-state index in [4.69, 9.17) is 0 Å². The molecule has 2 heteroatoms. The van der Waals surface area contributed by atoms with Gasteiger partial charge in [0.25, 0.3) is 0 Å². The highest BCUT2D eigenvalue weighted by atomic mass is 32.1. The molecule has 32 heavy (non-hydrogen) atoms. The summed E-state index contributed by atoms with van der Waals surface area (Å²) in [4.78, 5) is 0. The van der Waals surface area contributed by atoms with Crippen molar-refractivity contribution in [1.29, 1.82) is 0 Å². The van der Waals surface area contributed by atoms with Gasteiger partial charge in [-0.25, -0.2) is 0 Å². The number of thiophene rings is 1. The molecule has 0 aliphatic heterocycles. The summed E-state index contributed by atoms with van der Waals surface area (Å²) in [6, 6.07) is 18.6. The topological polar surface area (TPSA) is 3.88 Å². The van der Waals surface area contributed by atoms with Crippen LogP contribution in [0.2, 0.25) is 0 Å². The molecule has 0 N–H and O–H groups in total. The first-order valence-electron chi connectivity index (χ1n) is 11.5. The van der Waals surface area contributed by atoms with Gasteiger partial charge in [-0.05, 0) is 72.2 Å². The fourth-order valence-corrected chi connectivity index (χ4v) is 6.44. The lowest BCUT2D eigenvalue weighted by Gasteiger charge is -2.18. The minimum Gasteiger partial charge on any atom is -0.200 e. The Morgan fingerprint density at radius 2 is 1.53 bits per heavy atom. The summed E-state index contributed by atoms with van der Waals surface area (Å²) < 4.78 is 5.08. The van der Waals surface area contributed by atoms with Crippen molar-refractivity contribution in [3.05, 3.63) is 77.0 Å². The van der Waals surface area contributed by atoms with E-state index in [1.54, 1.807) is 0 Å². The highest BCUT2D eigenvalue weighted by molar-refractivity contribution is 7.27. The van der Waals surface area contributed by atoms with Gasteiger partial charge in [-0.2, -0.15) is 4.57 Å². The molecule has 0 aliphatic rings. The van der Waals surface area contributed by atoms with E-state index in [9.17, 15) is 0 Å². The molecular formula is C30H32NS+. The van der Waals surface area contributed by atoms with Crippen molar-refractivity contribution in [3.63, 3.8) is 0 Å². The van der Waals surface area contributed by atoms with Gasteiger partial charge in [0.15, 0.2) is 6.20 Å². The van der Waals surface area contributed by atoms with E-state index in [1.807, 2.05) is 11.3 Å². The quantitative estimate of drug-likeness (QED) is 0.244. The lowest BCUT2D eigenvalue weighted by Crippen LogP contribution is -2.30. The van der Waals surface area contributed by atoms with Gasteiger partial charge in [-0.1, -0.05) is 56.7 Å². The number of hydrogen-bond donors (Lipinski definition) is 0. The zero-order chi connectivity index (χ0) is 22.8. The summed E-state index contributed by atoms with van der Waals surface area (Å²) in [5, 5.41) is 5.44. The smallest absolute Gasteiger partial charge is 0.200 e. The predicted octanol–water partition coefficient (Wildman–Crippen LogP) is 8.21. The standard InChI is InChI=1S/C30H32NS/c1-18-14-19(2)20(3)25(15-18)27-29-24(12-13-31(27)7)23-11-10-22-9-8-21(17-30(4,5)6)16-26(22)28(23)32-29/h8-16H,17H2,1-7H3/q+1. The van der Waals surface area contributed by atoms with Crippen molar-refractivity contribution >= 4 is 42.3 Å². The van der Waals surface area contributed by atoms with Gasteiger partial charge in [0.05, 0.1) is 5.56 Å². The first-order valence-corrected chi connectivity index (χ1v) is 12.3. The van der Waals surface area contributed by atoms with Crippen molar-refractivity contribution in [1.82, 2.24) is 0 Å². The Morgan fingerprint density at radius 1 is 0.812 bits per heavy atom. The molecule has 0 spiro atoms. The molecule has 0 aliphatic carbocycles. The second-order valence-corrected chi connectivity index (χ2v) is 11.6. The molecule has 2 aromatic heterocycles. The highest BCUT2D eigenvalue weighted by Gasteiger charge is 2.22. The average Bonchev–Trinajstić information content (AvgIpc) is 3.09. The molecule has 2 heterocycles. The molecule has 0 bridgehead atoms. The zero-order valence-corrected chi connectivity index (χ0v) is 21.1. The van der Waals surface area contributed by atoms with Crippen LogP contribution in [0.3, 0.4) is 0 Å². The third kappa shape index (κ3) is 3.51. The van der Waals surface area contributed by atoms with E-state index in [1.165, 1.54) is 64.5 Å². The van der Waals surface area contributed by atoms with Crippen LogP contribution in [0.15, 0.2) is 54.7 Å². The average molecular weight is 439 g/mol. The van der Waals surface area contributed by atoms with Gasteiger partial charge in [-0.3, -0.25) is 0 Å². The fraction of sp³-hybridized carbons (Fsp3) is 0.300. The third-order valence-corrected chi connectivity index (χ3v) is 7.87. The number of rotatable bonds is 2. The van der Waals surface area contributed by atoms with Crippen LogP contribution in [0.5, 0.6) is 0 Å². The minimum atomic E-state index is 0.281. The van der Waals surface area contributed by atoms with Gasteiger partial charge in [0.2, 0.25) is 5.69 Å². The molecule has 0 amide bonds. The maximum absolute atomic E-state index is 2.43. The molecule has 0 radical (unpaired) electrons. The number of fused-ring (bicyclic) bond motifs is 5. The molecule has 0 saturated carbocycles. The van der Waals surface area contributed by atoms with Crippen LogP contribution in [0, 0.1) is 26.2 Å². The third-order valence-electron chi connectivity index (χ3n) is 6.61. The van der Waals surface area contributed by atoms with Crippen LogP contribution < -0.4 is 4.57 Å². The summed E-state index contributed by atoms with van der Waals surface area (Å²) in [5.41, 5.74) is 8.42. The first kappa shape index (κ1) is 21.2. The lowest BCUT2D eigenvalue weighted by atomic mass is 9.87. The summed E-state index contributed by atoms with van der Waals surface area (Å²) in [6.45, 7) is 13.6. The van der Waals surface area contributed by atoms with Gasteiger partial charge in [-0.15, -0.1) is 11.3 Å². The van der Waals surface area contributed by atoms with Crippen LogP contribution in [0.25, 0.3) is 42.2 Å². The molecular weight excluding hydrogens is 406 g/mol. The molecule has 0 unspecified atom stereocenters. The molecule has 0 fully saturated rings. The van der Waals surface area contributed by atoms with Gasteiger partial charge in [0.1, 0.15) is 11.7 Å². The summed E-state index contributed by atoms with van der Waals surface area (Å²) >= 11 is 1.95. The monoisotopic (exact) mass is 438 g/mol. The Labute approximate surface area is 195 Å². The Hall–Kier alpha value is -2.71. The SMILES string of the molecule is Cc1cc(C)c(C)c(-c2c3sc4c5cc(CC(C)(C)C)ccc5ccc4c3cc[n+]2C)c1. The summed E-state index contributed by atoms with van der Waals surface area (Å²) in [5.74, 6) is 0. The van der Waals surface area contributed by atoms with Crippen LogP contribution in [0.4, 0.5) is 0 Å². The van der Waals surface area contributed by atoms with Crippen molar-refractivity contribution in [2.45, 2.75) is 48.0 Å². The number of aromatic nitrogens is 1. The Morgan fingerprint density at radius 3 is 2.28 bits per heavy atom. The largest absolute Gasteiger partial charge is 0.230 e. The van der Waals surface area contributed by atoms with Crippen LogP contribution in [-0.4, -0.2) is 0 Å².